The number of hydrogen-bond donors (Lipinski definition) is 0. The van der Waals surface area contributed by atoms with Gasteiger partial charge >= 0.3 is 6.18 Å². The first-order valence-electron chi connectivity index (χ1n) is 4.05. The lowest BCUT2D eigenvalue weighted by molar-refractivity contribution is -0.0885. The Kier molecular flexibility index (Phi) is 2.75. The van der Waals surface area contributed by atoms with Crippen LogP contribution in [0.25, 0.3) is 10.2 Å². The van der Waals surface area contributed by atoms with Crippen LogP contribution in [0.3, 0.4) is 0 Å². The summed E-state index contributed by atoms with van der Waals surface area (Å²) in [6, 6.07) is 3.73. The summed E-state index contributed by atoms with van der Waals surface area (Å²) in [5.41, 5.74) is 0.201. The molecule has 0 fully saturated rings. The topological polar surface area (TPSA) is 30.0 Å². The molecule has 7 heteroatoms. The number of hydrogen-bond acceptors (Lipinski definition) is 3. The van der Waals surface area contributed by atoms with Crippen LogP contribution in [0, 0.1) is 0 Å². The number of rotatable bonds is 1. The summed E-state index contributed by atoms with van der Waals surface area (Å²) in [6.45, 7) is 0. The van der Waals surface area contributed by atoms with Crippen LogP contribution in [-0.2, 0) is 0 Å². The van der Waals surface area contributed by atoms with E-state index in [2.05, 4.69) is 20.9 Å². The van der Waals surface area contributed by atoms with Crippen LogP contribution in [0.1, 0.15) is 10.4 Å². The second-order valence-corrected chi connectivity index (χ2v) is 5.28. The maximum atomic E-state index is 12.2. The van der Waals surface area contributed by atoms with Gasteiger partial charge < -0.3 is 0 Å². The number of aromatic nitrogens is 1. The third-order valence-corrected chi connectivity index (χ3v) is 3.35. The number of Topliss-reactive ketones (excluding diaryl/α,β-unsaturated/α-hetero) is 1. The quantitative estimate of drug-likeness (QED) is 0.750. The lowest BCUT2D eigenvalue weighted by Crippen LogP contribution is -2.22. The van der Waals surface area contributed by atoms with Gasteiger partial charge in [-0.25, -0.2) is 4.98 Å². The number of alkyl halides is 3. The number of thiazole rings is 1. The summed E-state index contributed by atoms with van der Waals surface area (Å²) in [5, 5.41) is 0. The largest absolute Gasteiger partial charge is 0.454 e. The zero-order chi connectivity index (χ0) is 11.9. The molecule has 2 aromatic rings. The van der Waals surface area contributed by atoms with E-state index in [9.17, 15) is 18.0 Å². The Hall–Kier alpha value is -0.950. The number of nitrogens with zero attached hydrogens (tertiary/aromatic N) is 1. The fourth-order valence-corrected chi connectivity index (χ4v) is 2.65. The zero-order valence-electron chi connectivity index (χ0n) is 7.51. The molecule has 2 nitrogen and oxygen atoms in total. The molecule has 1 aromatic heterocycles. The van der Waals surface area contributed by atoms with Crippen molar-refractivity contribution in [3.8, 4) is 0 Å². The number of carbonyl (C=O) groups excluding carboxylic acids is 1. The molecule has 1 heterocycles. The van der Waals surface area contributed by atoms with Crippen molar-refractivity contribution in [3.63, 3.8) is 0 Å². The van der Waals surface area contributed by atoms with Gasteiger partial charge in [0.1, 0.15) is 0 Å². The van der Waals surface area contributed by atoms with E-state index >= 15 is 0 Å². The molecule has 0 saturated heterocycles. The van der Waals surface area contributed by atoms with Crippen molar-refractivity contribution in [1.29, 1.82) is 0 Å². The maximum Gasteiger partial charge on any atom is 0.454 e. The third-order valence-electron chi connectivity index (χ3n) is 1.88. The van der Waals surface area contributed by atoms with Crippen molar-refractivity contribution in [2.75, 3.05) is 0 Å². The minimum Gasteiger partial charge on any atom is -0.284 e. The third kappa shape index (κ3) is 2.10. The van der Waals surface area contributed by atoms with Crippen LogP contribution in [0.4, 0.5) is 13.2 Å². The van der Waals surface area contributed by atoms with Gasteiger partial charge in [-0.15, -0.1) is 11.3 Å². The lowest BCUT2D eigenvalue weighted by atomic mass is 10.1. The van der Waals surface area contributed by atoms with Crippen molar-refractivity contribution in [1.82, 2.24) is 4.98 Å². The highest BCUT2D eigenvalue weighted by Gasteiger charge is 2.39. The molecule has 2 rings (SSSR count). The van der Waals surface area contributed by atoms with E-state index in [1.807, 2.05) is 0 Å². The molecule has 0 aliphatic heterocycles. The average Bonchev–Trinajstić information content (AvgIpc) is 2.54. The lowest BCUT2D eigenvalue weighted by Gasteiger charge is -2.04. The van der Waals surface area contributed by atoms with E-state index in [1.54, 1.807) is 0 Å². The first kappa shape index (κ1) is 11.5. The molecule has 0 atom stereocenters. The molecule has 0 radical (unpaired) electrons. The molecule has 16 heavy (non-hydrogen) atoms. The van der Waals surface area contributed by atoms with E-state index < -0.39 is 12.0 Å². The summed E-state index contributed by atoms with van der Waals surface area (Å²) in [7, 11) is 0. The molecule has 0 bridgehead atoms. The Bertz CT molecular complexity index is 563. The SMILES string of the molecule is O=C(c1ccc2nc(Br)sc2c1)C(F)(F)F. The van der Waals surface area contributed by atoms with E-state index in [0.717, 1.165) is 6.07 Å². The highest BCUT2D eigenvalue weighted by Crippen LogP contribution is 2.29. The molecule has 0 aliphatic carbocycles. The van der Waals surface area contributed by atoms with Gasteiger partial charge in [0, 0.05) is 5.56 Å². The number of carbonyl (C=O) groups is 1. The Morgan fingerprint density at radius 2 is 2.06 bits per heavy atom. The fraction of sp³-hybridized carbons (Fsp3) is 0.111. The van der Waals surface area contributed by atoms with Crippen LogP contribution in [0.2, 0.25) is 0 Å². The average molecular weight is 310 g/mol. The van der Waals surface area contributed by atoms with Gasteiger partial charge in [0.25, 0.3) is 5.78 Å². The Balaban J connectivity index is 2.51. The van der Waals surface area contributed by atoms with Gasteiger partial charge in [0.2, 0.25) is 0 Å². The second kappa shape index (κ2) is 3.81. The van der Waals surface area contributed by atoms with Crippen molar-refractivity contribution >= 4 is 43.3 Å². The smallest absolute Gasteiger partial charge is 0.284 e. The molecule has 0 N–H and O–H groups in total. The number of benzene rings is 1. The molecule has 0 aliphatic rings. The summed E-state index contributed by atoms with van der Waals surface area (Å²) in [4.78, 5) is 15.0. The zero-order valence-corrected chi connectivity index (χ0v) is 9.91. The normalized spacial score (nSPS) is 12.0. The van der Waals surface area contributed by atoms with Crippen LogP contribution < -0.4 is 0 Å². The van der Waals surface area contributed by atoms with E-state index in [4.69, 9.17) is 0 Å². The first-order valence-corrected chi connectivity index (χ1v) is 5.66. The van der Waals surface area contributed by atoms with Gasteiger partial charge in [-0.05, 0) is 34.1 Å². The van der Waals surface area contributed by atoms with Gasteiger partial charge in [0.05, 0.1) is 10.2 Å². The minimum absolute atomic E-state index is 0.365. The van der Waals surface area contributed by atoms with Crippen LogP contribution >= 0.6 is 27.3 Å². The molecular formula is C9H3BrF3NOS. The van der Waals surface area contributed by atoms with E-state index in [1.165, 1.54) is 23.5 Å². The van der Waals surface area contributed by atoms with E-state index in [0.29, 0.717) is 14.1 Å². The Labute approximate surface area is 100 Å². The van der Waals surface area contributed by atoms with Gasteiger partial charge in [-0.1, -0.05) is 0 Å². The number of fused-ring (bicyclic) bond motifs is 1. The number of ketones is 1. The fourth-order valence-electron chi connectivity index (χ4n) is 1.20. The summed E-state index contributed by atoms with van der Waals surface area (Å²) < 4.78 is 37.6. The summed E-state index contributed by atoms with van der Waals surface area (Å²) in [5.74, 6) is -1.83. The Morgan fingerprint density at radius 3 is 2.69 bits per heavy atom. The minimum atomic E-state index is -4.84. The monoisotopic (exact) mass is 309 g/mol. The van der Waals surface area contributed by atoms with E-state index in [-0.39, 0.29) is 5.56 Å². The highest BCUT2D eigenvalue weighted by atomic mass is 79.9. The Morgan fingerprint density at radius 1 is 1.38 bits per heavy atom. The summed E-state index contributed by atoms with van der Waals surface area (Å²) in [6.07, 6.45) is -4.84. The highest BCUT2D eigenvalue weighted by molar-refractivity contribution is 9.11. The second-order valence-electron chi connectivity index (χ2n) is 2.98. The molecule has 0 saturated carbocycles. The van der Waals surface area contributed by atoms with Gasteiger partial charge in [0.15, 0.2) is 3.92 Å². The van der Waals surface area contributed by atoms with Crippen LogP contribution in [-0.4, -0.2) is 16.9 Å². The summed E-state index contributed by atoms with van der Waals surface area (Å²) >= 11 is 4.31. The molecule has 0 unspecified atom stereocenters. The van der Waals surface area contributed by atoms with Crippen molar-refractivity contribution in [3.05, 3.63) is 27.7 Å². The van der Waals surface area contributed by atoms with Crippen molar-refractivity contribution < 1.29 is 18.0 Å². The predicted molar refractivity (Wildman–Crippen MR) is 57.7 cm³/mol. The molecule has 84 valence electrons. The van der Waals surface area contributed by atoms with Gasteiger partial charge in [-0.3, -0.25) is 4.79 Å². The predicted octanol–water partition coefficient (Wildman–Crippen LogP) is 3.80. The standard InChI is InChI=1S/C9H3BrF3NOS/c10-8-14-5-2-1-4(3-6(5)16-8)7(15)9(11,12)13/h1-3H. The first-order chi connectivity index (χ1) is 7.38. The maximum absolute atomic E-state index is 12.2. The molecule has 0 spiro atoms. The molecule has 0 amide bonds. The number of halogens is 4. The van der Waals surface area contributed by atoms with Gasteiger partial charge in [-0.2, -0.15) is 13.2 Å². The molecular weight excluding hydrogens is 307 g/mol. The van der Waals surface area contributed by atoms with Crippen molar-refractivity contribution in [2.24, 2.45) is 0 Å². The van der Waals surface area contributed by atoms with Crippen LogP contribution in [0.15, 0.2) is 22.1 Å². The van der Waals surface area contributed by atoms with Crippen LogP contribution in [0.5, 0.6) is 0 Å². The van der Waals surface area contributed by atoms with Crippen molar-refractivity contribution in [2.45, 2.75) is 6.18 Å². The molecule has 1 aromatic carbocycles.